The number of rotatable bonds is 3. The van der Waals surface area contributed by atoms with Crippen molar-refractivity contribution < 1.29 is 4.74 Å². The highest BCUT2D eigenvalue weighted by atomic mass is 35.5. The molecule has 1 N–H and O–H groups in total. The van der Waals surface area contributed by atoms with Crippen molar-refractivity contribution in [2.75, 3.05) is 31.1 Å². The Hall–Kier alpha value is -1.42. The third-order valence-electron chi connectivity index (χ3n) is 3.37. The van der Waals surface area contributed by atoms with Crippen molar-refractivity contribution in [2.45, 2.75) is 0 Å². The first-order chi connectivity index (χ1) is 9.81. The largest absolute Gasteiger partial charge is 0.457 e. The molecule has 0 radical (unpaired) electrons. The summed E-state index contributed by atoms with van der Waals surface area (Å²) in [4.78, 5) is 2.38. The van der Waals surface area contributed by atoms with Gasteiger partial charge in [-0.1, -0.05) is 11.6 Å². The van der Waals surface area contributed by atoms with Crippen molar-refractivity contribution in [2.24, 2.45) is 0 Å². The van der Waals surface area contributed by atoms with Gasteiger partial charge in [0.25, 0.3) is 0 Å². The molecule has 112 valence electrons. The highest BCUT2D eigenvalue weighted by Crippen LogP contribution is 2.25. The fourth-order valence-electron chi connectivity index (χ4n) is 2.29. The average Bonchev–Trinajstić information content (AvgIpc) is 2.51. The van der Waals surface area contributed by atoms with Crippen LogP contribution in [0.15, 0.2) is 48.5 Å². The second kappa shape index (κ2) is 7.55. The van der Waals surface area contributed by atoms with Crippen LogP contribution < -0.4 is 15.0 Å². The topological polar surface area (TPSA) is 24.5 Å². The summed E-state index contributed by atoms with van der Waals surface area (Å²) < 4.78 is 5.79. The quantitative estimate of drug-likeness (QED) is 0.924. The maximum absolute atomic E-state index is 5.86. The maximum Gasteiger partial charge on any atom is 0.127 e. The lowest BCUT2D eigenvalue weighted by Gasteiger charge is -2.29. The van der Waals surface area contributed by atoms with Gasteiger partial charge in [0.2, 0.25) is 0 Å². The first kappa shape index (κ1) is 16.0. The van der Waals surface area contributed by atoms with Gasteiger partial charge in [0.05, 0.1) is 0 Å². The summed E-state index contributed by atoms with van der Waals surface area (Å²) in [6.45, 7) is 4.20. The van der Waals surface area contributed by atoms with Gasteiger partial charge in [-0.15, -0.1) is 12.4 Å². The predicted octanol–water partition coefficient (Wildman–Crippen LogP) is 3.96. The average molecular weight is 325 g/mol. The fourth-order valence-corrected chi connectivity index (χ4v) is 2.41. The lowest BCUT2D eigenvalue weighted by molar-refractivity contribution is 0.482. The molecule has 0 spiro atoms. The van der Waals surface area contributed by atoms with Crippen molar-refractivity contribution in [3.8, 4) is 11.5 Å². The number of anilines is 1. The van der Waals surface area contributed by atoms with Gasteiger partial charge in [-0.2, -0.15) is 0 Å². The van der Waals surface area contributed by atoms with E-state index in [4.69, 9.17) is 16.3 Å². The molecule has 0 aliphatic carbocycles. The molecular formula is C16H18Cl2N2O. The second-order valence-corrected chi connectivity index (χ2v) is 5.22. The number of hydrogen-bond acceptors (Lipinski definition) is 3. The molecule has 1 aliphatic rings. The van der Waals surface area contributed by atoms with Crippen LogP contribution in [0.5, 0.6) is 11.5 Å². The van der Waals surface area contributed by atoms with E-state index >= 15 is 0 Å². The Balaban J connectivity index is 0.00000161. The highest BCUT2D eigenvalue weighted by molar-refractivity contribution is 6.30. The molecule has 2 aromatic rings. The molecule has 0 bridgehead atoms. The molecule has 1 saturated heterocycles. The Bertz CT molecular complexity index is 551. The summed E-state index contributed by atoms with van der Waals surface area (Å²) in [6.07, 6.45) is 0. The summed E-state index contributed by atoms with van der Waals surface area (Å²) in [7, 11) is 0. The van der Waals surface area contributed by atoms with E-state index in [1.165, 1.54) is 5.69 Å². The van der Waals surface area contributed by atoms with Crippen LogP contribution in [0.25, 0.3) is 0 Å². The Morgan fingerprint density at radius 1 is 0.857 bits per heavy atom. The first-order valence-electron chi connectivity index (χ1n) is 6.80. The molecule has 3 nitrogen and oxygen atoms in total. The molecule has 0 atom stereocenters. The van der Waals surface area contributed by atoms with Crippen LogP contribution in [0, 0.1) is 0 Å². The number of halogens is 2. The predicted molar refractivity (Wildman–Crippen MR) is 90.3 cm³/mol. The molecule has 0 aromatic heterocycles. The lowest BCUT2D eigenvalue weighted by atomic mass is 10.2. The van der Waals surface area contributed by atoms with E-state index < -0.39 is 0 Å². The van der Waals surface area contributed by atoms with Gasteiger partial charge in [-0.05, 0) is 48.5 Å². The number of hydrogen-bond donors (Lipinski definition) is 1. The smallest absolute Gasteiger partial charge is 0.127 e. The highest BCUT2D eigenvalue weighted by Gasteiger charge is 2.10. The molecule has 1 aliphatic heterocycles. The maximum atomic E-state index is 5.86. The standard InChI is InChI=1S/C16H17ClN2O.ClH/c17-13-1-5-15(6-2-13)20-16-7-3-14(4-8-16)19-11-9-18-10-12-19;/h1-8,18H,9-12H2;1H. The van der Waals surface area contributed by atoms with E-state index in [2.05, 4.69) is 22.3 Å². The molecule has 21 heavy (non-hydrogen) atoms. The van der Waals surface area contributed by atoms with Crippen LogP contribution >= 0.6 is 24.0 Å². The van der Waals surface area contributed by atoms with E-state index in [1.807, 2.05) is 36.4 Å². The number of ether oxygens (including phenoxy) is 1. The van der Waals surface area contributed by atoms with Crippen molar-refractivity contribution >= 4 is 29.7 Å². The Labute approximate surface area is 136 Å². The van der Waals surface area contributed by atoms with Crippen LogP contribution in [-0.2, 0) is 0 Å². The van der Waals surface area contributed by atoms with Gasteiger partial charge in [-0.3, -0.25) is 0 Å². The van der Waals surface area contributed by atoms with E-state index in [0.29, 0.717) is 5.02 Å². The monoisotopic (exact) mass is 324 g/mol. The summed E-state index contributed by atoms with van der Waals surface area (Å²) in [5, 5.41) is 4.07. The number of nitrogens with one attached hydrogen (secondary N) is 1. The summed E-state index contributed by atoms with van der Waals surface area (Å²) in [5.41, 5.74) is 1.25. The third-order valence-corrected chi connectivity index (χ3v) is 3.62. The number of benzene rings is 2. The van der Waals surface area contributed by atoms with Gasteiger partial charge in [-0.25, -0.2) is 0 Å². The van der Waals surface area contributed by atoms with Crippen LogP contribution in [0.2, 0.25) is 5.02 Å². The van der Waals surface area contributed by atoms with E-state index in [-0.39, 0.29) is 12.4 Å². The van der Waals surface area contributed by atoms with Gasteiger partial charge >= 0.3 is 0 Å². The Morgan fingerprint density at radius 2 is 1.38 bits per heavy atom. The minimum atomic E-state index is 0. The normalized spacial score (nSPS) is 14.4. The van der Waals surface area contributed by atoms with E-state index in [0.717, 1.165) is 37.7 Å². The number of piperazine rings is 1. The van der Waals surface area contributed by atoms with Gasteiger partial charge in [0.15, 0.2) is 0 Å². The SMILES string of the molecule is Cl.Clc1ccc(Oc2ccc(N3CCNCC3)cc2)cc1. The zero-order valence-electron chi connectivity index (χ0n) is 11.6. The van der Waals surface area contributed by atoms with Crippen molar-refractivity contribution in [1.29, 1.82) is 0 Å². The third kappa shape index (κ3) is 4.27. The van der Waals surface area contributed by atoms with Gasteiger partial charge < -0.3 is 15.0 Å². The van der Waals surface area contributed by atoms with Crippen LogP contribution in [0.1, 0.15) is 0 Å². The first-order valence-corrected chi connectivity index (χ1v) is 7.18. The molecule has 0 amide bonds. The van der Waals surface area contributed by atoms with Crippen molar-refractivity contribution in [1.82, 2.24) is 5.32 Å². The zero-order valence-corrected chi connectivity index (χ0v) is 13.2. The molecule has 0 unspecified atom stereocenters. The molecule has 2 aromatic carbocycles. The van der Waals surface area contributed by atoms with E-state index in [1.54, 1.807) is 0 Å². The van der Waals surface area contributed by atoms with Crippen LogP contribution in [0.4, 0.5) is 5.69 Å². The molecule has 1 fully saturated rings. The molecular weight excluding hydrogens is 307 g/mol. The Morgan fingerprint density at radius 3 is 1.95 bits per heavy atom. The molecule has 0 saturated carbocycles. The van der Waals surface area contributed by atoms with Crippen LogP contribution in [-0.4, -0.2) is 26.2 Å². The van der Waals surface area contributed by atoms with Crippen molar-refractivity contribution in [3.63, 3.8) is 0 Å². The van der Waals surface area contributed by atoms with Gasteiger partial charge in [0.1, 0.15) is 11.5 Å². The van der Waals surface area contributed by atoms with Gasteiger partial charge in [0, 0.05) is 36.9 Å². The minimum Gasteiger partial charge on any atom is -0.457 e. The molecule has 5 heteroatoms. The molecule has 1 heterocycles. The lowest BCUT2D eigenvalue weighted by Crippen LogP contribution is -2.43. The summed E-state index contributed by atoms with van der Waals surface area (Å²) in [6, 6.07) is 15.6. The summed E-state index contributed by atoms with van der Waals surface area (Å²) in [5.74, 6) is 1.63. The zero-order chi connectivity index (χ0) is 13.8. The second-order valence-electron chi connectivity index (χ2n) is 4.79. The Kier molecular flexibility index (Phi) is 5.74. The van der Waals surface area contributed by atoms with Crippen LogP contribution in [0.3, 0.4) is 0 Å². The summed E-state index contributed by atoms with van der Waals surface area (Å²) >= 11 is 5.86. The molecule has 3 rings (SSSR count). The fraction of sp³-hybridized carbons (Fsp3) is 0.250. The number of nitrogens with zero attached hydrogens (tertiary/aromatic N) is 1. The van der Waals surface area contributed by atoms with Crippen molar-refractivity contribution in [3.05, 3.63) is 53.6 Å². The van der Waals surface area contributed by atoms with E-state index in [9.17, 15) is 0 Å². The minimum absolute atomic E-state index is 0.